The van der Waals surface area contributed by atoms with E-state index in [1.807, 2.05) is 13.8 Å². The maximum absolute atomic E-state index is 12.2. The van der Waals surface area contributed by atoms with Crippen LogP contribution in [0, 0.1) is 5.41 Å². The summed E-state index contributed by atoms with van der Waals surface area (Å²) < 4.78 is 22.4. The Kier molecular flexibility index (Phi) is 6.50. The molecular formula is C16H25N3O4S. The molecule has 0 aromatic heterocycles. The smallest absolute Gasteiger partial charge is 0.238 e. The summed E-state index contributed by atoms with van der Waals surface area (Å²) in [6.45, 7) is 7.14. The molecule has 134 valence electrons. The zero-order valence-electron chi connectivity index (χ0n) is 14.4. The number of hydrogen-bond donors (Lipinski definition) is 3. The molecule has 0 aliphatic rings. The quantitative estimate of drug-likeness (QED) is 0.619. The molecule has 4 N–H and O–H groups in total. The van der Waals surface area contributed by atoms with Gasteiger partial charge in [-0.05, 0) is 51.8 Å². The number of rotatable bonds is 7. The molecule has 0 atom stereocenters. The van der Waals surface area contributed by atoms with Crippen molar-refractivity contribution in [1.82, 2.24) is 10.6 Å². The zero-order valence-corrected chi connectivity index (χ0v) is 15.2. The number of benzene rings is 1. The van der Waals surface area contributed by atoms with Crippen LogP contribution in [0.4, 0.5) is 0 Å². The molecule has 0 aliphatic carbocycles. The summed E-state index contributed by atoms with van der Waals surface area (Å²) in [5, 5.41) is 10.5. The molecule has 24 heavy (non-hydrogen) atoms. The van der Waals surface area contributed by atoms with Gasteiger partial charge in [0.15, 0.2) is 0 Å². The topological polar surface area (TPSA) is 118 Å². The summed E-state index contributed by atoms with van der Waals surface area (Å²) in [6.07, 6.45) is 0.512. The molecule has 1 rings (SSSR count). The van der Waals surface area contributed by atoms with Crippen molar-refractivity contribution in [2.75, 3.05) is 6.54 Å². The molecule has 0 aliphatic heterocycles. The van der Waals surface area contributed by atoms with Gasteiger partial charge < -0.3 is 10.6 Å². The summed E-state index contributed by atoms with van der Waals surface area (Å²) in [5.41, 5.74) is -0.311. The first kappa shape index (κ1) is 20.1. The van der Waals surface area contributed by atoms with E-state index in [0.717, 1.165) is 5.56 Å². The number of amides is 2. The molecule has 0 radical (unpaired) electrons. The average Bonchev–Trinajstić information content (AvgIpc) is 2.45. The van der Waals surface area contributed by atoms with Crippen LogP contribution in [0.5, 0.6) is 0 Å². The number of nitrogens with one attached hydrogen (secondary N) is 2. The summed E-state index contributed by atoms with van der Waals surface area (Å²) in [6, 6.07) is 6.09. The fourth-order valence-electron chi connectivity index (χ4n) is 1.93. The van der Waals surface area contributed by atoms with Crippen LogP contribution in [0.25, 0.3) is 0 Å². The lowest BCUT2D eigenvalue weighted by Crippen LogP contribution is -2.49. The van der Waals surface area contributed by atoms with Crippen LogP contribution in [0.15, 0.2) is 29.2 Å². The molecule has 0 heterocycles. The van der Waals surface area contributed by atoms with Gasteiger partial charge in [0.25, 0.3) is 0 Å². The third-order valence-corrected chi connectivity index (χ3v) is 4.44. The molecule has 0 spiro atoms. The number of carbonyl (C=O) groups excluding carboxylic acids is 2. The van der Waals surface area contributed by atoms with Crippen molar-refractivity contribution < 1.29 is 18.0 Å². The molecule has 0 saturated heterocycles. The highest BCUT2D eigenvalue weighted by Gasteiger charge is 2.35. The fourth-order valence-corrected chi connectivity index (χ4v) is 2.45. The Morgan fingerprint density at radius 2 is 1.67 bits per heavy atom. The summed E-state index contributed by atoms with van der Waals surface area (Å²) in [4.78, 5) is 24.3. The Morgan fingerprint density at radius 3 is 2.12 bits per heavy atom. The van der Waals surface area contributed by atoms with Gasteiger partial charge in [-0.25, -0.2) is 13.6 Å². The van der Waals surface area contributed by atoms with Gasteiger partial charge in [0.2, 0.25) is 21.8 Å². The number of nitrogens with two attached hydrogens (primary N) is 1. The second-order valence-electron chi connectivity index (χ2n) is 6.45. The van der Waals surface area contributed by atoms with Crippen LogP contribution in [-0.2, 0) is 26.0 Å². The molecule has 1 aromatic carbocycles. The Morgan fingerprint density at radius 1 is 1.12 bits per heavy atom. The molecule has 0 bridgehead atoms. The maximum Gasteiger partial charge on any atom is 0.238 e. The zero-order chi connectivity index (χ0) is 18.5. The maximum atomic E-state index is 12.2. The SMILES string of the molecule is CC(C)NC(=O)C(C)(C)C(=O)NCCc1ccc(S(N)(=O)=O)cc1. The Balaban J connectivity index is 2.57. The van der Waals surface area contributed by atoms with Gasteiger partial charge in [-0.3, -0.25) is 9.59 Å². The van der Waals surface area contributed by atoms with Crippen molar-refractivity contribution >= 4 is 21.8 Å². The minimum atomic E-state index is -3.71. The number of primary sulfonamides is 1. The highest BCUT2D eigenvalue weighted by molar-refractivity contribution is 7.89. The van der Waals surface area contributed by atoms with Crippen molar-refractivity contribution in [1.29, 1.82) is 0 Å². The standard InChI is InChI=1S/C16H25N3O4S/c1-11(2)19-15(21)16(3,4)14(20)18-10-9-12-5-7-13(8-6-12)24(17,22)23/h5-8,11H,9-10H2,1-4H3,(H,18,20)(H,19,21)(H2,17,22,23). The summed E-state index contributed by atoms with van der Waals surface area (Å²) in [7, 11) is -3.71. The highest BCUT2D eigenvalue weighted by atomic mass is 32.2. The third-order valence-electron chi connectivity index (χ3n) is 3.51. The van der Waals surface area contributed by atoms with Crippen molar-refractivity contribution in [2.45, 2.75) is 45.1 Å². The summed E-state index contributed by atoms with van der Waals surface area (Å²) >= 11 is 0. The minimum absolute atomic E-state index is 0.0399. The molecule has 2 amide bonds. The van der Waals surface area contributed by atoms with E-state index in [4.69, 9.17) is 5.14 Å². The number of sulfonamides is 1. The second-order valence-corrected chi connectivity index (χ2v) is 8.01. The molecule has 7 nitrogen and oxygen atoms in total. The lowest BCUT2D eigenvalue weighted by molar-refractivity contribution is -0.141. The van der Waals surface area contributed by atoms with E-state index >= 15 is 0 Å². The van der Waals surface area contributed by atoms with Gasteiger partial charge in [-0.2, -0.15) is 0 Å². The molecule has 0 saturated carbocycles. The lowest BCUT2D eigenvalue weighted by atomic mass is 9.90. The van der Waals surface area contributed by atoms with Gasteiger partial charge in [0.05, 0.1) is 4.90 Å². The van der Waals surface area contributed by atoms with Crippen LogP contribution < -0.4 is 15.8 Å². The van der Waals surface area contributed by atoms with E-state index in [1.54, 1.807) is 26.0 Å². The Bertz CT molecular complexity index is 695. The monoisotopic (exact) mass is 355 g/mol. The van der Waals surface area contributed by atoms with E-state index in [-0.39, 0.29) is 22.8 Å². The summed E-state index contributed by atoms with van der Waals surface area (Å²) in [5.74, 6) is -0.686. The van der Waals surface area contributed by atoms with Crippen LogP contribution >= 0.6 is 0 Å². The van der Waals surface area contributed by atoms with Crippen molar-refractivity contribution in [3.63, 3.8) is 0 Å². The normalized spacial score (nSPS) is 12.1. The number of hydrogen-bond acceptors (Lipinski definition) is 4. The first-order valence-electron chi connectivity index (χ1n) is 7.65. The van der Waals surface area contributed by atoms with Gasteiger partial charge in [-0.15, -0.1) is 0 Å². The molecule has 8 heteroatoms. The van der Waals surface area contributed by atoms with E-state index in [0.29, 0.717) is 13.0 Å². The Labute approximate surface area is 143 Å². The second kappa shape index (κ2) is 7.76. The van der Waals surface area contributed by atoms with E-state index in [9.17, 15) is 18.0 Å². The van der Waals surface area contributed by atoms with Crippen molar-refractivity contribution in [3.05, 3.63) is 29.8 Å². The van der Waals surface area contributed by atoms with Gasteiger partial charge >= 0.3 is 0 Å². The predicted octanol–water partition coefficient (Wildman–Crippen LogP) is 0.544. The molecule has 0 unspecified atom stereocenters. The van der Waals surface area contributed by atoms with Crippen LogP contribution in [0.3, 0.4) is 0 Å². The fraction of sp³-hybridized carbons (Fsp3) is 0.500. The van der Waals surface area contributed by atoms with Crippen molar-refractivity contribution in [3.8, 4) is 0 Å². The van der Waals surface area contributed by atoms with E-state index in [2.05, 4.69) is 10.6 Å². The number of carbonyl (C=O) groups is 2. The van der Waals surface area contributed by atoms with E-state index in [1.165, 1.54) is 12.1 Å². The van der Waals surface area contributed by atoms with Crippen molar-refractivity contribution in [2.24, 2.45) is 10.6 Å². The first-order valence-corrected chi connectivity index (χ1v) is 9.20. The average molecular weight is 355 g/mol. The van der Waals surface area contributed by atoms with Gasteiger partial charge in [0.1, 0.15) is 5.41 Å². The third kappa shape index (κ3) is 5.61. The van der Waals surface area contributed by atoms with Crippen LogP contribution in [0.2, 0.25) is 0 Å². The molecular weight excluding hydrogens is 330 g/mol. The molecule has 1 aromatic rings. The van der Waals surface area contributed by atoms with Crippen LogP contribution in [-0.4, -0.2) is 32.8 Å². The lowest BCUT2D eigenvalue weighted by Gasteiger charge is -2.24. The van der Waals surface area contributed by atoms with Gasteiger partial charge in [0, 0.05) is 12.6 Å². The van der Waals surface area contributed by atoms with Gasteiger partial charge in [-0.1, -0.05) is 12.1 Å². The highest BCUT2D eigenvalue weighted by Crippen LogP contribution is 2.16. The largest absolute Gasteiger partial charge is 0.355 e. The predicted molar refractivity (Wildman–Crippen MR) is 91.6 cm³/mol. The first-order chi connectivity index (χ1) is 10.9. The van der Waals surface area contributed by atoms with E-state index < -0.39 is 15.4 Å². The molecule has 0 fully saturated rings. The minimum Gasteiger partial charge on any atom is -0.355 e. The van der Waals surface area contributed by atoms with Crippen LogP contribution in [0.1, 0.15) is 33.3 Å². The Hall–Kier alpha value is -1.93.